The van der Waals surface area contributed by atoms with Crippen LogP contribution in [0.25, 0.3) is 10.6 Å². The molecule has 0 amide bonds. The number of nitrogens with zero attached hydrogens (tertiary/aromatic N) is 4. The van der Waals surface area contributed by atoms with E-state index in [0.717, 1.165) is 38.3 Å². The smallest absolute Gasteiger partial charge is 0.227 e. The van der Waals surface area contributed by atoms with Gasteiger partial charge in [-0.15, -0.1) is 0 Å². The van der Waals surface area contributed by atoms with Crippen molar-refractivity contribution in [2.45, 2.75) is 13.8 Å². The number of anilines is 4. The number of halogens is 2. The SMILES string of the molecule is Cc1cccc(Nc2nccc(-c3sc(N(C)c4ccc(F)c(Cl)c4)nc3C)n2)c1. The van der Waals surface area contributed by atoms with E-state index in [1.807, 2.05) is 56.1 Å². The van der Waals surface area contributed by atoms with E-state index in [4.69, 9.17) is 11.6 Å². The summed E-state index contributed by atoms with van der Waals surface area (Å²) in [6.45, 7) is 3.98. The van der Waals surface area contributed by atoms with Gasteiger partial charge < -0.3 is 10.2 Å². The lowest BCUT2D eigenvalue weighted by Gasteiger charge is -2.16. The van der Waals surface area contributed by atoms with Gasteiger partial charge in [-0.2, -0.15) is 0 Å². The summed E-state index contributed by atoms with van der Waals surface area (Å²) >= 11 is 7.43. The maximum atomic E-state index is 13.5. The normalized spacial score (nSPS) is 10.8. The molecular formula is C22H19ClFN5S. The van der Waals surface area contributed by atoms with Crippen LogP contribution in [0.1, 0.15) is 11.3 Å². The van der Waals surface area contributed by atoms with Crippen molar-refractivity contribution in [2.24, 2.45) is 0 Å². The van der Waals surface area contributed by atoms with Crippen LogP contribution in [-0.4, -0.2) is 22.0 Å². The minimum Gasteiger partial charge on any atom is -0.324 e. The molecule has 1 N–H and O–H groups in total. The van der Waals surface area contributed by atoms with Gasteiger partial charge in [0.15, 0.2) is 5.13 Å². The highest BCUT2D eigenvalue weighted by molar-refractivity contribution is 7.19. The third-order valence-electron chi connectivity index (χ3n) is 4.53. The summed E-state index contributed by atoms with van der Waals surface area (Å²) in [4.78, 5) is 16.5. The maximum absolute atomic E-state index is 13.5. The summed E-state index contributed by atoms with van der Waals surface area (Å²) in [7, 11) is 1.87. The molecule has 2 aromatic carbocycles. The minimum absolute atomic E-state index is 0.0792. The van der Waals surface area contributed by atoms with Crippen LogP contribution in [0.2, 0.25) is 5.02 Å². The van der Waals surface area contributed by atoms with Crippen molar-refractivity contribution in [3.63, 3.8) is 0 Å². The summed E-state index contributed by atoms with van der Waals surface area (Å²) in [5.41, 5.74) is 4.48. The zero-order chi connectivity index (χ0) is 21.3. The van der Waals surface area contributed by atoms with Gasteiger partial charge >= 0.3 is 0 Å². The zero-order valence-electron chi connectivity index (χ0n) is 16.6. The highest BCUT2D eigenvalue weighted by Crippen LogP contribution is 2.37. The van der Waals surface area contributed by atoms with Gasteiger partial charge in [0, 0.05) is 24.6 Å². The molecule has 0 saturated carbocycles. The number of benzene rings is 2. The second-order valence-corrected chi connectivity index (χ2v) is 8.21. The number of thiazole rings is 1. The topological polar surface area (TPSA) is 53.9 Å². The minimum atomic E-state index is -0.445. The molecule has 0 unspecified atom stereocenters. The molecule has 0 aliphatic carbocycles. The molecule has 0 radical (unpaired) electrons. The molecule has 30 heavy (non-hydrogen) atoms. The van der Waals surface area contributed by atoms with Crippen LogP contribution >= 0.6 is 22.9 Å². The Bertz CT molecular complexity index is 1210. The first kappa shape index (κ1) is 20.3. The molecule has 4 aromatic rings. The van der Waals surface area contributed by atoms with Crippen molar-refractivity contribution in [1.29, 1.82) is 0 Å². The number of aryl methyl sites for hydroxylation is 2. The Balaban J connectivity index is 1.62. The Labute approximate surface area is 183 Å². The maximum Gasteiger partial charge on any atom is 0.227 e. The molecule has 2 aromatic heterocycles. The summed E-state index contributed by atoms with van der Waals surface area (Å²) in [5, 5.41) is 4.08. The highest BCUT2D eigenvalue weighted by Gasteiger charge is 2.16. The second-order valence-electron chi connectivity index (χ2n) is 6.83. The van der Waals surface area contributed by atoms with Crippen LogP contribution in [0.3, 0.4) is 0 Å². The lowest BCUT2D eigenvalue weighted by Crippen LogP contribution is -2.09. The van der Waals surface area contributed by atoms with Gasteiger partial charge in [-0.1, -0.05) is 35.1 Å². The molecule has 152 valence electrons. The van der Waals surface area contributed by atoms with Crippen LogP contribution in [0.5, 0.6) is 0 Å². The first-order valence-electron chi connectivity index (χ1n) is 9.24. The van der Waals surface area contributed by atoms with Gasteiger partial charge in [0.05, 0.1) is 21.3 Å². The Morgan fingerprint density at radius 3 is 2.67 bits per heavy atom. The molecule has 0 saturated heterocycles. The Morgan fingerprint density at radius 1 is 1.07 bits per heavy atom. The Kier molecular flexibility index (Phi) is 5.65. The van der Waals surface area contributed by atoms with Gasteiger partial charge in [0.1, 0.15) is 5.82 Å². The van der Waals surface area contributed by atoms with E-state index < -0.39 is 5.82 Å². The van der Waals surface area contributed by atoms with E-state index in [1.165, 1.54) is 17.4 Å². The van der Waals surface area contributed by atoms with E-state index in [2.05, 4.69) is 20.3 Å². The predicted molar refractivity (Wildman–Crippen MR) is 122 cm³/mol. The highest BCUT2D eigenvalue weighted by atomic mass is 35.5. The average Bonchev–Trinajstić information content (AvgIpc) is 3.11. The second kappa shape index (κ2) is 8.38. The van der Waals surface area contributed by atoms with Crippen LogP contribution in [0.15, 0.2) is 54.7 Å². The fraction of sp³-hybridized carbons (Fsp3) is 0.136. The number of hydrogen-bond acceptors (Lipinski definition) is 6. The number of nitrogens with one attached hydrogen (secondary N) is 1. The van der Waals surface area contributed by atoms with E-state index in [0.29, 0.717) is 5.95 Å². The first-order chi connectivity index (χ1) is 14.4. The lowest BCUT2D eigenvalue weighted by molar-refractivity contribution is 0.628. The van der Waals surface area contributed by atoms with E-state index in [-0.39, 0.29) is 5.02 Å². The van der Waals surface area contributed by atoms with Crippen molar-refractivity contribution in [1.82, 2.24) is 15.0 Å². The Hall–Kier alpha value is -3.03. The molecule has 0 aliphatic rings. The third kappa shape index (κ3) is 4.27. The first-order valence-corrected chi connectivity index (χ1v) is 10.4. The van der Waals surface area contributed by atoms with Crippen LogP contribution < -0.4 is 10.2 Å². The van der Waals surface area contributed by atoms with Crippen molar-refractivity contribution >= 4 is 45.4 Å². The molecule has 0 aliphatic heterocycles. The average molecular weight is 440 g/mol. The summed E-state index contributed by atoms with van der Waals surface area (Å²) in [5.74, 6) is 0.0746. The summed E-state index contributed by atoms with van der Waals surface area (Å²) < 4.78 is 13.5. The molecule has 0 fully saturated rings. The lowest BCUT2D eigenvalue weighted by atomic mass is 10.2. The predicted octanol–water partition coefficient (Wildman–Crippen LogP) is 6.52. The van der Waals surface area contributed by atoms with E-state index in [1.54, 1.807) is 18.3 Å². The van der Waals surface area contributed by atoms with Crippen LogP contribution in [0.4, 0.5) is 26.8 Å². The summed E-state index contributed by atoms with van der Waals surface area (Å²) in [6.07, 6.45) is 1.72. The number of aromatic nitrogens is 3. The molecule has 8 heteroatoms. The van der Waals surface area contributed by atoms with Gasteiger partial charge in [-0.25, -0.2) is 19.3 Å². The van der Waals surface area contributed by atoms with Gasteiger partial charge in [-0.3, -0.25) is 0 Å². The molecule has 0 atom stereocenters. The zero-order valence-corrected chi connectivity index (χ0v) is 18.2. The molecule has 5 nitrogen and oxygen atoms in total. The Morgan fingerprint density at radius 2 is 1.90 bits per heavy atom. The molecule has 2 heterocycles. The fourth-order valence-corrected chi connectivity index (χ4v) is 4.16. The van der Waals surface area contributed by atoms with Gasteiger partial charge in [0.2, 0.25) is 5.95 Å². The fourth-order valence-electron chi connectivity index (χ4n) is 2.96. The third-order valence-corrected chi connectivity index (χ3v) is 6.07. The number of rotatable bonds is 5. The monoisotopic (exact) mass is 439 g/mol. The van der Waals surface area contributed by atoms with Crippen molar-refractivity contribution in [3.05, 3.63) is 76.8 Å². The molecular weight excluding hydrogens is 421 g/mol. The van der Waals surface area contributed by atoms with Gasteiger partial charge in [-0.05, 0) is 55.8 Å². The largest absolute Gasteiger partial charge is 0.324 e. The molecule has 0 spiro atoms. The molecule has 4 rings (SSSR count). The van der Waals surface area contributed by atoms with Crippen LogP contribution in [-0.2, 0) is 0 Å². The number of hydrogen-bond donors (Lipinski definition) is 1. The quantitative estimate of drug-likeness (QED) is 0.383. The van der Waals surface area contributed by atoms with Crippen LogP contribution in [0, 0.1) is 19.7 Å². The summed E-state index contributed by atoms with van der Waals surface area (Å²) in [6, 6.07) is 14.5. The van der Waals surface area contributed by atoms with Crippen molar-refractivity contribution in [2.75, 3.05) is 17.3 Å². The van der Waals surface area contributed by atoms with Crippen molar-refractivity contribution in [3.8, 4) is 10.6 Å². The van der Waals surface area contributed by atoms with Gasteiger partial charge in [0.25, 0.3) is 0 Å². The van der Waals surface area contributed by atoms with Crippen molar-refractivity contribution < 1.29 is 4.39 Å². The van der Waals surface area contributed by atoms with E-state index >= 15 is 0 Å². The standard InChI is InChI=1S/C22H19ClFN5S/c1-13-5-4-6-15(11-13)27-21-25-10-9-19(28-21)20-14(2)26-22(30-20)29(3)16-7-8-18(24)17(23)12-16/h4-12H,1-3H3,(H,25,27,28). The molecule has 0 bridgehead atoms. The van der Waals surface area contributed by atoms with E-state index in [9.17, 15) is 4.39 Å².